The molecule has 0 radical (unpaired) electrons. The summed E-state index contributed by atoms with van der Waals surface area (Å²) in [5, 5.41) is 16.5. The Morgan fingerprint density at radius 3 is 2.71 bits per heavy atom. The van der Waals surface area contributed by atoms with E-state index >= 15 is 0 Å². The first-order chi connectivity index (χ1) is 11.5. The average Bonchev–Trinajstić information content (AvgIpc) is 3.01. The highest BCUT2D eigenvalue weighted by atomic mass is 16.5. The number of methoxy groups -OCH3 is 1. The van der Waals surface area contributed by atoms with E-state index in [1.807, 2.05) is 38.1 Å². The van der Waals surface area contributed by atoms with Crippen LogP contribution in [0.2, 0.25) is 0 Å². The molecule has 0 spiro atoms. The van der Waals surface area contributed by atoms with E-state index in [9.17, 15) is 5.11 Å². The number of aryl methyl sites for hydroxylation is 1. The molecule has 6 heteroatoms. The van der Waals surface area contributed by atoms with Crippen molar-refractivity contribution in [3.05, 3.63) is 47.4 Å². The molecule has 1 heterocycles. The van der Waals surface area contributed by atoms with Crippen LogP contribution in [0.4, 0.5) is 0 Å². The third kappa shape index (κ3) is 4.68. The maximum Gasteiger partial charge on any atom is 0.191 e. The summed E-state index contributed by atoms with van der Waals surface area (Å²) in [7, 11) is 3.30. The van der Waals surface area contributed by atoms with E-state index in [0.717, 1.165) is 17.1 Å². The van der Waals surface area contributed by atoms with Crippen molar-refractivity contribution >= 4 is 5.96 Å². The molecule has 1 aromatic heterocycles. The Kier molecular flexibility index (Phi) is 6.12. The highest BCUT2D eigenvalue weighted by Crippen LogP contribution is 2.23. The number of benzene rings is 1. The standard InChI is InChI=1S/C18H25N3O3/c1-12-5-8-17(24-12)13(2)21-18(19-3)20-10-9-14-6-7-15(23-4)11-16(14)22/h5-8,11,13,22H,9-10H2,1-4H3,(H2,19,20,21). The number of ether oxygens (including phenoxy) is 1. The van der Waals surface area contributed by atoms with Crippen LogP contribution < -0.4 is 15.4 Å². The molecule has 3 N–H and O–H groups in total. The minimum atomic E-state index is 0.0132. The predicted octanol–water partition coefficient (Wildman–Crippen LogP) is 2.77. The van der Waals surface area contributed by atoms with E-state index < -0.39 is 0 Å². The first-order valence-electron chi connectivity index (χ1n) is 7.93. The van der Waals surface area contributed by atoms with Crippen LogP contribution in [0.25, 0.3) is 0 Å². The summed E-state index contributed by atoms with van der Waals surface area (Å²) in [5.74, 6) is 3.31. The molecule has 0 fully saturated rings. The van der Waals surface area contributed by atoms with Gasteiger partial charge >= 0.3 is 0 Å². The van der Waals surface area contributed by atoms with Crippen LogP contribution in [0, 0.1) is 6.92 Å². The lowest BCUT2D eigenvalue weighted by atomic mass is 10.1. The maximum absolute atomic E-state index is 9.98. The smallest absolute Gasteiger partial charge is 0.191 e. The molecule has 0 aliphatic carbocycles. The second-order valence-corrected chi connectivity index (χ2v) is 5.56. The van der Waals surface area contributed by atoms with Crippen molar-refractivity contribution in [3.63, 3.8) is 0 Å². The molecule has 2 rings (SSSR count). The molecule has 0 bridgehead atoms. The average molecular weight is 331 g/mol. The molecule has 130 valence electrons. The molecule has 1 atom stereocenters. The monoisotopic (exact) mass is 331 g/mol. The van der Waals surface area contributed by atoms with E-state index in [4.69, 9.17) is 9.15 Å². The normalized spacial score (nSPS) is 12.8. The van der Waals surface area contributed by atoms with Gasteiger partial charge in [0.2, 0.25) is 0 Å². The van der Waals surface area contributed by atoms with Crippen LogP contribution in [0.15, 0.2) is 39.7 Å². The van der Waals surface area contributed by atoms with Gasteiger partial charge in [0, 0.05) is 19.7 Å². The van der Waals surface area contributed by atoms with Gasteiger partial charge in [0.05, 0.1) is 13.2 Å². The number of nitrogens with zero attached hydrogens (tertiary/aromatic N) is 1. The zero-order valence-electron chi connectivity index (χ0n) is 14.6. The van der Waals surface area contributed by atoms with Gasteiger partial charge in [0.15, 0.2) is 5.96 Å². The number of furan rings is 1. The maximum atomic E-state index is 9.98. The predicted molar refractivity (Wildman–Crippen MR) is 94.7 cm³/mol. The number of aromatic hydroxyl groups is 1. The van der Waals surface area contributed by atoms with Crippen LogP contribution in [0.3, 0.4) is 0 Å². The third-order valence-electron chi connectivity index (χ3n) is 3.74. The van der Waals surface area contributed by atoms with Crippen molar-refractivity contribution in [1.82, 2.24) is 10.6 Å². The number of phenols is 1. The number of hydrogen-bond donors (Lipinski definition) is 3. The van der Waals surface area contributed by atoms with E-state index in [1.165, 1.54) is 0 Å². The minimum absolute atomic E-state index is 0.0132. The summed E-state index contributed by atoms with van der Waals surface area (Å²) < 4.78 is 10.7. The number of nitrogens with one attached hydrogen (secondary N) is 2. The van der Waals surface area contributed by atoms with Gasteiger partial charge in [-0.05, 0) is 44.0 Å². The summed E-state index contributed by atoms with van der Waals surface area (Å²) in [6, 6.07) is 9.22. The summed E-state index contributed by atoms with van der Waals surface area (Å²) in [5.41, 5.74) is 0.855. The topological polar surface area (TPSA) is 79.0 Å². The quantitative estimate of drug-likeness (QED) is 0.560. The van der Waals surface area contributed by atoms with Crippen molar-refractivity contribution in [2.45, 2.75) is 26.3 Å². The van der Waals surface area contributed by atoms with Gasteiger partial charge < -0.3 is 24.9 Å². The molecule has 24 heavy (non-hydrogen) atoms. The molecule has 0 amide bonds. The Labute approximate surface area is 142 Å². The Balaban J connectivity index is 1.85. The van der Waals surface area contributed by atoms with Gasteiger partial charge in [-0.1, -0.05) is 6.07 Å². The van der Waals surface area contributed by atoms with Gasteiger partial charge in [-0.2, -0.15) is 0 Å². The van der Waals surface area contributed by atoms with Crippen LogP contribution in [-0.4, -0.2) is 31.8 Å². The first-order valence-corrected chi connectivity index (χ1v) is 7.93. The van der Waals surface area contributed by atoms with E-state index in [0.29, 0.717) is 24.7 Å². The van der Waals surface area contributed by atoms with Crippen molar-refractivity contribution in [3.8, 4) is 11.5 Å². The molecular formula is C18H25N3O3. The molecule has 2 aromatic rings. The van der Waals surface area contributed by atoms with Crippen molar-refractivity contribution in [2.24, 2.45) is 4.99 Å². The number of rotatable bonds is 6. The highest BCUT2D eigenvalue weighted by molar-refractivity contribution is 5.80. The van der Waals surface area contributed by atoms with Gasteiger partial charge in [0.1, 0.15) is 23.0 Å². The second kappa shape index (κ2) is 8.29. The molecule has 0 saturated heterocycles. The Morgan fingerprint density at radius 1 is 1.33 bits per heavy atom. The molecule has 1 unspecified atom stereocenters. The Bertz CT molecular complexity index is 695. The van der Waals surface area contributed by atoms with Gasteiger partial charge in [-0.3, -0.25) is 4.99 Å². The van der Waals surface area contributed by atoms with E-state index in [-0.39, 0.29) is 11.8 Å². The molecular weight excluding hydrogens is 306 g/mol. The molecule has 1 aromatic carbocycles. The second-order valence-electron chi connectivity index (χ2n) is 5.56. The summed E-state index contributed by atoms with van der Waals surface area (Å²) >= 11 is 0. The number of phenolic OH excluding ortho intramolecular Hbond substituents is 1. The van der Waals surface area contributed by atoms with Crippen LogP contribution in [-0.2, 0) is 6.42 Å². The van der Waals surface area contributed by atoms with Crippen LogP contribution >= 0.6 is 0 Å². The van der Waals surface area contributed by atoms with Crippen LogP contribution in [0.1, 0.15) is 30.0 Å². The van der Waals surface area contributed by atoms with E-state index in [1.54, 1.807) is 20.2 Å². The largest absolute Gasteiger partial charge is 0.508 e. The Hall–Kier alpha value is -2.63. The first kappa shape index (κ1) is 17.7. The van der Waals surface area contributed by atoms with Gasteiger partial charge in [-0.25, -0.2) is 0 Å². The molecule has 0 aliphatic heterocycles. The molecule has 6 nitrogen and oxygen atoms in total. The number of guanidine groups is 1. The fraction of sp³-hybridized carbons (Fsp3) is 0.389. The fourth-order valence-corrected chi connectivity index (χ4v) is 2.35. The Morgan fingerprint density at radius 2 is 2.12 bits per heavy atom. The molecule has 0 aliphatic rings. The number of aliphatic imine (C=N–C) groups is 1. The lowest BCUT2D eigenvalue weighted by molar-refractivity contribution is 0.406. The zero-order valence-corrected chi connectivity index (χ0v) is 14.6. The van der Waals surface area contributed by atoms with Gasteiger partial charge in [0.25, 0.3) is 0 Å². The van der Waals surface area contributed by atoms with Crippen molar-refractivity contribution < 1.29 is 14.3 Å². The van der Waals surface area contributed by atoms with Gasteiger partial charge in [-0.15, -0.1) is 0 Å². The number of hydrogen-bond acceptors (Lipinski definition) is 4. The highest BCUT2D eigenvalue weighted by Gasteiger charge is 2.11. The lowest BCUT2D eigenvalue weighted by Crippen LogP contribution is -2.39. The van der Waals surface area contributed by atoms with Crippen molar-refractivity contribution in [2.75, 3.05) is 20.7 Å². The summed E-state index contributed by atoms with van der Waals surface area (Å²) in [4.78, 5) is 4.21. The summed E-state index contributed by atoms with van der Waals surface area (Å²) in [6.07, 6.45) is 0.671. The third-order valence-corrected chi connectivity index (χ3v) is 3.74. The fourth-order valence-electron chi connectivity index (χ4n) is 2.35. The zero-order chi connectivity index (χ0) is 17.5. The van der Waals surface area contributed by atoms with Crippen molar-refractivity contribution in [1.29, 1.82) is 0 Å². The van der Waals surface area contributed by atoms with Crippen LogP contribution in [0.5, 0.6) is 11.5 Å². The lowest BCUT2D eigenvalue weighted by Gasteiger charge is -2.16. The van der Waals surface area contributed by atoms with E-state index in [2.05, 4.69) is 15.6 Å². The molecule has 0 saturated carbocycles. The SMILES string of the molecule is CN=C(NCCc1ccc(OC)cc1O)NC(C)c1ccc(C)o1. The minimum Gasteiger partial charge on any atom is -0.508 e. The summed E-state index contributed by atoms with van der Waals surface area (Å²) in [6.45, 7) is 4.58.